The molecule has 1 saturated heterocycles. The van der Waals surface area contributed by atoms with E-state index in [0.29, 0.717) is 32.2 Å². The fourth-order valence-corrected chi connectivity index (χ4v) is 4.30. The Balaban J connectivity index is 1.42. The van der Waals surface area contributed by atoms with Gasteiger partial charge in [-0.2, -0.15) is 0 Å². The van der Waals surface area contributed by atoms with Crippen molar-refractivity contribution in [1.82, 2.24) is 4.90 Å². The van der Waals surface area contributed by atoms with Gasteiger partial charge in [-0.1, -0.05) is 60.7 Å². The van der Waals surface area contributed by atoms with Crippen LogP contribution < -0.4 is 0 Å². The summed E-state index contributed by atoms with van der Waals surface area (Å²) in [4.78, 5) is 38.8. The SMILES string of the molecule is O=C1CC2(CCN(C(=O)OCc3ccccc3)[C@H](C(=O)OCc3ccccc3)C2)C1. The number of ketones is 1. The first-order chi connectivity index (χ1) is 14.5. The van der Waals surface area contributed by atoms with Crippen molar-refractivity contribution >= 4 is 17.8 Å². The number of Topliss-reactive ketones (excluding diaryl/α,β-unsaturated/α-hetero) is 1. The number of carbonyl (C=O) groups is 3. The molecule has 156 valence electrons. The van der Waals surface area contributed by atoms with Crippen molar-refractivity contribution in [3.63, 3.8) is 0 Å². The van der Waals surface area contributed by atoms with Gasteiger partial charge >= 0.3 is 12.1 Å². The van der Waals surface area contributed by atoms with E-state index in [4.69, 9.17) is 9.47 Å². The predicted molar refractivity (Wildman–Crippen MR) is 109 cm³/mol. The van der Waals surface area contributed by atoms with Gasteiger partial charge in [0.2, 0.25) is 0 Å². The number of carbonyl (C=O) groups excluding carboxylic acids is 3. The molecule has 4 rings (SSSR count). The fraction of sp³-hybridized carbons (Fsp3) is 0.375. The number of ether oxygens (including phenoxy) is 2. The highest BCUT2D eigenvalue weighted by atomic mass is 16.6. The van der Waals surface area contributed by atoms with Crippen LogP contribution in [-0.2, 0) is 32.3 Å². The molecule has 2 aromatic rings. The normalized spacial score (nSPS) is 19.8. The molecule has 1 aliphatic heterocycles. The highest BCUT2D eigenvalue weighted by Gasteiger charge is 2.51. The van der Waals surface area contributed by atoms with Gasteiger partial charge in [0.25, 0.3) is 0 Å². The van der Waals surface area contributed by atoms with Gasteiger partial charge in [-0.05, 0) is 29.4 Å². The van der Waals surface area contributed by atoms with Crippen LogP contribution in [0.2, 0.25) is 0 Å². The van der Waals surface area contributed by atoms with Gasteiger partial charge < -0.3 is 9.47 Å². The Bertz CT molecular complexity index is 904. The second-order valence-electron chi connectivity index (χ2n) is 8.19. The van der Waals surface area contributed by atoms with Gasteiger partial charge in [0.05, 0.1) is 0 Å². The summed E-state index contributed by atoms with van der Waals surface area (Å²) in [6, 6.07) is 18.1. The van der Waals surface area contributed by atoms with Crippen LogP contribution in [0.1, 0.15) is 36.8 Å². The lowest BCUT2D eigenvalue weighted by Crippen LogP contribution is -2.57. The summed E-state index contributed by atoms with van der Waals surface area (Å²) in [5, 5.41) is 0. The average molecular weight is 407 g/mol. The number of piperidine rings is 1. The van der Waals surface area contributed by atoms with E-state index in [0.717, 1.165) is 11.1 Å². The van der Waals surface area contributed by atoms with E-state index in [-0.39, 0.29) is 24.4 Å². The monoisotopic (exact) mass is 407 g/mol. The molecule has 1 aliphatic carbocycles. The average Bonchev–Trinajstić information content (AvgIpc) is 2.76. The molecule has 2 aromatic carbocycles. The molecule has 0 bridgehead atoms. The minimum Gasteiger partial charge on any atom is -0.459 e. The molecule has 6 heteroatoms. The highest BCUT2D eigenvalue weighted by molar-refractivity contribution is 5.87. The molecule has 1 heterocycles. The molecule has 30 heavy (non-hydrogen) atoms. The molecule has 2 fully saturated rings. The van der Waals surface area contributed by atoms with E-state index >= 15 is 0 Å². The molecule has 1 saturated carbocycles. The van der Waals surface area contributed by atoms with E-state index in [9.17, 15) is 14.4 Å². The van der Waals surface area contributed by atoms with E-state index < -0.39 is 18.1 Å². The first-order valence-corrected chi connectivity index (χ1v) is 10.2. The largest absolute Gasteiger partial charge is 0.459 e. The van der Waals surface area contributed by atoms with Crippen LogP contribution in [0.3, 0.4) is 0 Å². The van der Waals surface area contributed by atoms with Crippen LogP contribution in [0.4, 0.5) is 4.79 Å². The Morgan fingerprint density at radius 2 is 1.47 bits per heavy atom. The third-order valence-electron chi connectivity index (χ3n) is 5.97. The van der Waals surface area contributed by atoms with Crippen molar-refractivity contribution in [3.8, 4) is 0 Å². The predicted octanol–water partition coefficient (Wildman–Crippen LogP) is 3.88. The summed E-state index contributed by atoms with van der Waals surface area (Å²) < 4.78 is 11.0. The maximum Gasteiger partial charge on any atom is 0.410 e. The topological polar surface area (TPSA) is 72.9 Å². The quantitative estimate of drug-likeness (QED) is 0.704. The number of hydrogen-bond donors (Lipinski definition) is 0. The van der Waals surface area contributed by atoms with Crippen molar-refractivity contribution in [1.29, 1.82) is 0 Å². The summed E-state index contributed by atoms with van der Waals surface area (Å²) >= 11 is 0. The highest BCUT2D eigenvalue weighted by Crippen LogP contribution is 2.48. The molecule has 1 spiro atoms. The lowest BCUT2D eigenvalue weighted by atomic mass is 9.61. The lowest BCUT2D eigenvalue weighted by Gasteiger charge is -2.49. The molecule has 0 unspecified atom stereocenters. The van der Waals surface area contributed by atoms with Gasteiger partial charge in [0.1, 0.15) is 25.0 Å². The van der Waals surface area contributed by atoms with Gasteiger partial charge in [-0.15, -0.1) is 0 Å². The Labute approximate surface area is 175 Å². The molecule has 0 aromatic heterocycles. The number of esters is 1. The van der Waals surface area contributed by atoms with Crippen molar-refractivity contribution in [2.45, 2.75) is 44.9 Å². The molecule has 0 radical (unpaired) electrons. The van der Waals surface area contributed by atoms with Gasteiger partial charge in [0.15, 0.2) is 0 Å². The molecule has 6 nitrogen and oxygen atoms in total. The zero-order valence-corrected chi connectivity index (χ0v) is 16.8. The molecule has 1 amide bonds. The molecular weight excluding hydrogens is 382 g/mol. The van der Waals surface area contributed by atoms with Gasteiger partial charge in [0, 0.05) is 19.4 Å². The molecule has 2 aliphatic rings. The van der Waals surface area contributed by atoms with E-state index in [1.807, 2.05) is 60.7 Å². The van der Waals surface area contributed by atoms with E-state index in [2.05, 4.69) is 0 Å². The second kappa shape index (κ2) is 8.69. The number of benzene rings is 2. The Hall–Kier alpha value is -3.15. The van der Waals surface area contributed by atoms with Crippen molar-refractivity contribution in [3.05, 3.63) is 71.8 Å². The number of amides is 1. The van der Waals surface area contributed by atoms with Crippen LogP contribution in [0.25, 0.3) is 0 Å². The zero-order chi connectivity index (χ0) is 21.0. The third-order valence-corrected chi connectivity index (χ3v) is 5.97. The third kappa shape index (κ3) is 4.53. The van der Waals surface area contributed by atoms with Crippen molar-refractivity contribution < 1.29 is 23.9 Å². The Morgan fingerprint density at radius 3 is 2.03 bits per heavy atom. The van der Waals surface area contributed by atoms with E-state index in [1.54, 1.807) is 0 Å². The van der Waals surface area contributed by atoms with Crippen LogP contribution in [0.5, 0.6) is 0 Å². The summed E-state index contributed by atoms with van der Waals surface area (Å²) in [6.45, 7) is 0.673. The first-order valence-electron chi connectivity index (χ1n) is 10.2. The fourth-order valence-electron chi connectivity index (χ4n) is 4.30. The Kier molecular flexibility index (Phi) is 5.84. The molecule has 1 atom stereocenters. The minimum absolute atomic E-state index is 0.144. The summed E-state index contributed by atoms with van der Waals surface area (Å²) in [5.74, 6) is -0.236. The summed E-state index contributed by atoms with van der Waals surface area (Å²) in [5.41, 5.74) is 1.57. The standard InChI is InChI=1S/C24H25NO5/c26-20-13-24(14-20)11-12-25(23(28)30-17-19-9-5-2-6-10-19)21(15-24)22(27)29-16-18-7-3-1-4-8-18/h1-10,21H,11-17H2/t21-/m0/s1. The molecule has 0 N–H and O–H groups in total. The van der Waals surface area contributed by atoms with Crippen LogP contribution in [0.15, 0.2) is 60.7 Å². The van der Waals surface area contributed by atoms with Crippen LogP contribution >= 0.6 is 0 Å². The smallest absolute Gasteiger partial charge is 0.410 e. The second-order valence-corrected chi connectivity index (χ2v) is 8.19. The zero-order valence-electron chi connectivity index (χ0n) is 16.8. The maximum atomic E-state index is 12.9. The maximum absolute atomic E-state index is 12.9. The number of nitrogens with zero attached hydrogens (tertiary/aromatic N) is 1. The molecular formula is C24H25NO5. The summed E-state index contributed by atoms with van der Waals surface area (Å²) in [6.07, 6.45) is 1.56. The van der Waals surface area contributed by atoms with Crippen molar-refractivity contribution in [2.75, 3.05) is 6.54 Å². The Morgan fingerprint density at radius 1 is 0.900 bits per heavy atom. The van der Waals surface area contributed by atoms with Crippen LogP contribution in [0, 0.1) is 5.41 Å². The number of hydrogen-bond acceptors (Lipinski definition) is 5. The van der Waals surface area contributed by atoms with Gasteiger partial charge in [-0.3, -0.25) is 9.69 Å². The van der Waals surface area contributed by atoms with E-state index in [1.165, 1.54) is 4.90 Å². The van der Waals surface area contributed by atoms with Crippen molar-refractivity contribution in [2.24, 2.45) is 5.41 Å². The van der Waals surface area contributed by atoms with Crippen LogP contribution in [-0.4, -0.2) is 35.3 Å². The number of likely N-dealkylation sites (tertiary alicyclic amines) is 1. The minimum atomic E-state index is -0.737. The summed E-state index contributed by atoms with van der Waals surface area (Å²) in [7, 11) is 0. The first kappa shape index (κ1) is 20.1. The lowest BCUT2D eigenvalue weighted by molar-refractivity contribution is -0.158. The number of rotatable bonds is 5. The van der Waals surface area contributed by atoms with Gasteiger partial charge in [-0.25, -0.2) is 9.59 Å².